The first-order chi connectivity index (χ1) is 16.2. The molecule has 2 atom stereocenters. The number of hydrogen-bond donors (Lipinski definition) is 1. The van der Waals surface area contributed by atoms with Gasteiger partial charge in [0.25, 0.3) is 0 Å². The number of fused-ring (bicyclic) bond motifs is 3. The van der Waals surface area contributed by atoms with Crippen LogP contribution >= 0.6 is 0 Å². The number of nitrogens with one attached hydrogen (secondary N) is 1. The molecule has 0 spiro atoms. The summed E-state index contributed by atoms with van der Waals surface area (Å²) in [5.41, 5.74) is 7.78. The zero-order valence-electron chi connectivity index (χ0n) is 19.1. The molecular formula is C27H28N2O4. The molecule has 3 aromatic rings. The van der Waals surface area contributed by atoms with Crippen molar-refractivity contribution in [2.24, 2.45) is 0 Å². The van der Waals surface area contributed by atoms with Crippen LogP contribution in [0.2, 0.25) is 0 Å². The van der Waals surface area contributed by atoms with Crippen LogP contribution < -0.4 is 24.4 Å². The first-order valence-corrected chi connectivity index (χ1v) is 11.3. The summed E-state index contributed by atoms with van der Waals surface area (Å²) in [6.07, 6.45) is 1.89. The first kappa shape index (κ1) is 21.2. The smallest absolute Gasteiger partial charge is 0.196 e. The quantitative estimate of drug-likeness (QED) is 0.520. The predicted octanol–water partition coefficient (Wildman–Crippen LogP) is 5.49. The summed E-state index contributed by atoms with van der Waals surface area (Å²) in [6.45, 7) is 5.25. The van der Waals surface area contributed by atoms with E-state index in [-0.39, 0.29) is 12.3 Å². The molecule has 0 saturated carbocycles. The van der Waals surface area contributed by atoms with E-state index >= 15 is 0 Å². The number of para-hydroxylation sites is 1. The van der Waals surface area contributed by atoms with E-state index in [0.717, 1.165) is 45.4 Å². The van der Waals surface area contributed by atoms with Gasteiger partial charge in [0.15, 0.2) is 17.7 Å². The van der Waals surface area contributed by atoms with Gasteiger partial charge in [-0.2, -0.15) is 5.01 Å². The van der Waals surface area contributed by atoms with Crippen LogP contribution in [0.5, 0.6) is 23.0 Å². The van der Waals surface area contributed by atoms with Crippen LogP contribution in [0.1, 0.15) is 42.8 Å². The van der Waals surface area contributed by atoms with E-state index in [1.165, 1.54) is 0 Å². The Morgan fingerprint density at radius 3 is 2.18 bits per heavy atom. The first-order valence-electron chi connectivity index (χ1n) is 11.3. The average molecular weight is 445 g/mol. The lowest BCUT2D eigenvalue weighted by Crippen LogP contribution is -2.43. The minimum absolute atomic E-state index is 0.0120. The summed E-state index contributed by atoms with van der Waals surface area (Å²) in [5.74, 6) is 3.20. The highest BCUT2D eigenvalue weighted by Gasteiger charge is 2.41. The van der Waals surface area contributed by atoms with Crippen molar-refractivity contribution in [3.63, 3.8) is 0 Å². The molecule has 6 nitrogen and oxygen atoms in total. The lowest BCUT2D eigenvalue weighted by atomic mass is 10.00. The Hall–Kier alpha value is -3.64. The molecule has 2 unspecified atom stereocenters. The fourth-order valence-electron chi connectivity index (χ4n) is 4.33. The van der Waals surface area contributed by atoms with E-state index in [2.05, 4.69) is 34.7 Å². The molecule has 33 heavy (non-hydrogen) atoms. The Kier molecular flexibility index (Phi) is 5.84. The maximum Gasteiger partial charge on any atom is 0.196 e. The third-order valence-electron chi connectivity index (χ3n) is 5.86. The zero-order valence-corrected chi connectivity index (χ0v) is 19.1. The van der Waals surface area contributed by atoms with Crippen LogP contribution in [-0.2, 0) is 0 Å². The normalized spacial score (nSPS) is 18.9. The Balaban J connectivity index is 1.52. The van der Waals surface area contributed by atoms with E-state index in [9.17, 15) is 0 Å². The van der Waals surface area contributed by atoms with Crippen molar-refractivity contribution in [3.8, 4) is 23.0 Å². The Labute approximate surface area is 194 Å². The van der Waals surface area contributed by atoms with Crippen LogP contribution in [0, 0.1) is 0 Å². The van der Waals surface area contributed by atoms with E-state index in [1.807, 2.05) is 62.4 Å². The molecule has 0 saturated heterocycles. The number of methoxy groups -OCH3 is 1. The molecule has 0 bridgehead atoms. The maximum absolute atomic E-state index is 6.53. The molecule has 0 amide bonds. The monoisotopic (exact) mass is 444 g/mol. The van der Waals surface area contributed by atoms with Crippen molar-refractivity contribution >= 4 is 5.70 Å². The standard InChI is InChI=1S/C27H28N2O4/c1-4-31-20-13-9-18(10-14-20)23-17-24-22-7-6-8-25(30-3)26(22)33-27(29(24)28-23)19-11-15-21(16-12-19)32-5-2/h6-17,24,27-28H,4-5H2,1-3H3. The molecular weight excluding hydrogens is 416 g/mol. The minimum Gasteiger partial charge on any atom is -0.494 e. The van der Waals surface area contributed by atoms with Crippen molar-refractivity contribution < 1.29 is 18.9 Å². The third kappa shape index (κ3) is 3.98. The molecule has 0 fully saturated rings. The lowest BCUT2D eigenvalue weighted by molar-refractivity contribution is -0.0343. The number of benzene rings is 3. The highest BCUT2D eigenvalue weighted by molar-refractivity contribution is 5.68. The van der Waals surface area contributed by atoms with Crippen LogP contribution in [-0.4, -0.2) is 25.3 Å². The molecule has 2 aliphatic rings. The highest BCUT2D eigenvalue weighted by atomic mass is 16.5. The Morgan fingerprint density at radius 1 is 0.879 bits per heavy atom. The number of nitrogens with zero attached hydrogens (tertiary/aromatic N) is 1. The maximum atomic E-state index is 6.53. The van der Waals surface area contributed by atoms with Crippen LogP contribution in [0.15, 0.2) is 72.8 Å². The second kappa shape index (κ2) is 9.08. The second-order valence-corrected chi connectivity index (χ2v) is 7.85. The summed E-state index contributed by atoms with van der Waals surface area (Å²) in [5, 5.41) is 2.14. The highest BCUT2D eigenvalue weighted by Crippen LogP contribution is 2.49. The number of rotatable bonds is 7. The van der Waals surface area contributed by atoms with Gasteiger partial charge in [-0.05, 0) is 68.0 Å². The fourth-order valence-corrected chi connectivity index (χ4v) is 4.33. The van der Waals surface area contributed by atoms with Crippen LogP contribution in [0.4, 0.5) is 0 Å². The van der Waals surface area contributed by atoms with Crippen LogP contribution in [0.3, 0.4) is 0 Å². The molecule has 0 radical (unpaired) electrons. The van der Waals surface area contributed by atoms with Crippen molar-refractivity contribution in [3.05, 3.63) is 89.5 Å². The summed E-state index contributed by atoms with van der Waals surface area (Å²) in [7, 11) is 1.67. The van der Waals surface area contributed by atoms with E-state index in [0.29, 0.717) is 13.2 Å². The van der Waals surface area contributed by atoms with Gasteiger partial charge in [0, 0.05) is 11.1 Å². The molecule has 1 N–H and O–H groups in total. The van der Waals surface area contributed by atoms with Gasteiger partial charge < -0.3 is 24.4 Å². The number of hydrogen-bond acceptors (Lipinski definition) is 6. The summed E-state index contributed by atoms with van der Waals surface area (Å²) >= 11 is 0. The number of ether oxygens (including phenoxy) is 4. The van der Waals surface area contributed by atoms with E-state index in [1.54, 1.807) is 7.11 Å². The van der Waals surface area contributed by atoms with Gasteiger partial charge in [-0.1, -0.05) is 24.3 Å². The SMILES string of the molecule is CCOc1ccc(C2=CC3c4cccc(OC)c4OC(c4ccc(OCC)cc4)N3N2)cc1. The van der Waals surface area contributed by atoms with Gasteiger partial charge in [-0.25, -0.2) is 0 Å². The second-order valence-electron chi connectivity index (χ2n) is 7.85. The van der Waals surface area contributed by atoms with Crippen molar-refractivity contribution in [1.82, 2.24) is 10.4 Å². The van der Waals surface area contributed by atoms with Crippen molar-refractivity contribution in [1.29, 1.82) is 0 Å². The average Bonchev–Trinajstić information content (AvgIpc) is 3.30. The number of hydrazine groups is 1. The molecule has 170 valence electrons. The summed E-state index contributed by atoms with van der Waals surface area (Å²) in [6, 6.07) is 22.2. The molecule has 3 aromatic carbocycles. The topological polar surface area (TPSA) is 52.2 Å². The fraction of sp³-hybridized carbons (Fsp3) is 0.259. The van der Waals surface area contributed by atoms with E-state index < -0.39 is 0 Å². The van der Waals surface area contributed by atoms with Crippen LogP contribution in [0.25, 0.3) is 5.70 Å². The Bertz CT molecular complexity index is 1140. The van der Waals surface area contributed by atoms with Gasteiger partial charge in [-0.15, -0.1) is 0 Å². The Morgan fingerprint density at radius 2 is 1.55 bits per heavy atom. The van der Waals surface area contributed by atoms with Gasteiger partial charge in [0.1, 0.15) is 11.5 Å². The largest absolute Gasteiger partial charge is 0.494 e. The van der Waals surface area contributed by atoms with Crippen molar-refractivity contribution in [2.75, 3.05) is 20.3 Å². The molecule has 2 heterocycles. The summed E-state index contributed by atoms with van der Waals surface area (Å²) < 4.78 is 23.4. The van der Waals surface area contributed by atoms with Gasteiger partial charge in [0.2, 0.25) is 0 Å². The molecule has 0 aliphatic carbocycles. The van der Waals surface area contributed by atoms with Gasteiger partial charge in [0.05, 0.1) is 32.1 Å². The minimum atomic E-state index is -0.342. The third-order valence-corrected chi connectivity index (χ3v) is 5.86. The van der Waals surface area contributed by atoms with Crippen molar-refractivity contribution in [2.45, 2.75) is 26.1 Å². The predicted molar refractivity (Wildman–Crippen MR) is 127 cm³/mol. The lowest BCUT2D eigenvalue weighted by Gasteiger charge is -2.39. The molecule has 2 aliphatic heterocycles. The molecule has 6 heteroatoms. The molecule has 5 rings (SSSR count). The van der Waals surface area contributed by atoms with Gasteiger partial charge >= 0.3 is 0 Å². The zero-order chi connectivity index (χ0) is 22.8. The van der Waals surface area contributed by atoms with E-state index in [4.69, 9.17) is 18.9 Å². The summed E-state index contributed by atoms with van der Waals surface area (Å²) in [4.78, 5) is 0. The van der Waals surface area contributed by atoms with Gasteiger partial charge in [-0.3, -0.25) is 0 Å². The molecule has 0 aromatic heterocycles.